The topological polar surface area (TPSA) is 80.1 Å². The van der Waals surface area contributed by atoms with E-state index in [4.69, 9.17) is 0 Å². The zero-order chi connectivity index (χ0) is 21.8. The quantitative estimate of drug-likeness (QED) is 0.540. The molecule has 0 unspecified atom stereocenters. The Labute approximate surface area is 180 Å². The summed E-state index contributed by atoms with van der Waals surface area (Å²) < 4.78 is 1.74. The predicted octanol–water partition coefficient (Wildman–Crippen LogP) is 3.89. The average molecular weight is 411 g/mol. The molecule has 0 saturated carbocycles. The van der Waals surface area contributed by atoms with E-state index >= 15 is 0 Å². The van der Waals surface area contributed by atoms with E-state index in [1.165, 1.54) is 11.1 Å². The maximum atomic E-state index is 12.9. The van der Waals surface area contributed by atoms with Gasteiger partial charge >= 0.3 is 0 Å². The summed E-state index contributed by atoms with van der Waals surface area (Å²) in [6.07, 6.45) is 1.49. The van der Waals surface area contributed by atoms with Crippen LogP contribution in [-0.2, 0) is 0 Å². The minimum atomic E-state index is -0.409. The van der Waals surface area contributed by atoms with Crippen molar-refractivity contribution in [3.05, 3.63) is 96.3 Å². The van der Waals surface area contributed by atoms with Crippen LogP contribution in [0, 0.1) is 0 Å². The highest BCUT2D eigenvalue weighted by atomic mass is 16.2. The number of hydrogen-bond acceptors (Lipinski definition) is 4. The molecule has 0 aliphatic heterocycles. The lowest BCUT2D eigenvalue weighted by atomic mass is 10.1. The van der Waals surface area contributed by atoms with E-state index in [1.807, 2.05) is 60.7 Å². The van der Waals surface area contributed by atoms with Crippen molar-refractivity contribution < 1.29 is 9.59 Å². The van der Waals surface area contributed by atoms with Crippen molar-refractivity contribution in [1.29, 1.82) is 0 Å². The van der Waals surface area contributed by atoms with Gasteiger partial charge in [-0.3, -0.25) is 9.59 Å². The molecule has 7 nitrogen and oxygen atoms in total. The maximum absolute atomic E-state index is 12.9. The van der Waals surface area contributed by atoms with Crippen molar-refractivity contribution in [2.75, 3.05) is 19.4 Å². The average Bonchev–Trinajstić information content (AvgIpc) is 3.26. The van der Waals surface area contributed by atoms with Gasteiger partial charge in [-0.25, -0.2) is 9.67 Å². The van der Waals surface area contributed by atoms with E-state index in [0.29, 0.717) is 5.56 Å². The molecular weight excluding hydrogens is 390 g/mol. The van der Waals surface area contributed by atoms with Gasteiger partial charge in [0.2, 0.25) is 0 Å². The molecule has 0 aliphatic rings. The fourth-order valence-electron chi connectivity index (χ4n) is 3.14. The molecule has 154 valence electrons. The van der Waals surface area contributed by atoms with Gasteiger partial charge in [-0.2, -0.15) is 5.10 Å². The van der Waals surface area contributed by atoms with Crippen LogP contribution in [0.3, 0.4) is 0 Å². The Balaban J connectivity index is 1.67. The number of anilines is 1. The molecule has 0 radical (unpaired) electrons. The third-order valence-corrected chi connectivity index (χ3v) is 4.67. The SMILES string of the molecule is CN(C)C(=O)c1ccnc(NC(=O)c2cc(-c3ccccc3)n(-c3ccccc3)n2)c1. The van der Waals surface area contributed by atoms with Crippen LogP contribution in [0.25, 0.3) is 16.9 Å². The normalized spacial score (nSPS) is 10.5. The van der Waals surface area contributed by atoms with E-state index in [1.54, 1.807) is 37.0 Å². The van der Waals surface area contributed by atoms with Crippen molar-refractivity contribution in [2.45, 2.75) is 0 Å². The molecule has 1 N–H and O–H groups in total. The summed E-state index contributed by atoms with van der Waals surface area (Å²) >= 11 is 0. The van der Waals surface area contributed by atoms with Crippen LogP contribution in [-0.4, -0.2) is 45.6 Å². The van der Waals surface area contributed by atoms with E-state index < -0.39 is 5.91 Å². The maximum Gasteiger partial charge on any atom is 0.277 e. The third kappa shape index (κ3) is 4.35. The van der Waals surface area contributed by atoms with Crippen molar-refractivity contribution in [1.82, 2.24) is 19.7 Å². The van der Waals surface area contributed by atoms with Crippen LogP contribution in [0.15, 0.2) is 85.1 Å². The van der Waals surface area contributed by atoms with Gasteiger partial charge in [-0.15, -0.1) is 0 Å². The molecule has 0 atom stereocenters. The first-order chi connectivity index (χ1) is 15.0. The number of para-hydroxylation sites is 1. The molecule has 4 aromatic rings. The van der Waals surface area contributed by atoms with Gasteiger partial charge < -0.3 is 10.2 Å². The Bertz CT molecular complexity index is 1160. The lowest BCUT2D eigenvalue weighted by Crippen LogP contribution is -2.22. The van der Waals surface area contributed by atoms with Gasteiger partial charge in [-0.1, -0.05) is 48.5 Å². The molecule has 31 heavy (non-hydrogen) atoms. The van der Waals surface area contributed by atoms with Crippen LogP contribution in [0.4, 0.5) is 5.82 Å². The first-order valence-electron chi connectivity index (χ1n) is 9.73. The minimum absolute atomic E-state index is 0.169. The first-order valence-corrected chi connectivity index (χ1v) is 9.73. The standard InChI is InChI=1S/C24H21N5O2/c1-28(2)24(31)18-13-14-25-22(15-18)26-23(30)20-16-21(17-9-5-3-6-10-17)29(27-20)19-11-7-4-8-12-19/h3-16H,1-2H3,(H,25,26,30). The van der Waals surface area contributed by atoms with E-state index in [9.17, 15) is 9.59 Å². The smallest absolute Gasteiger partial charge is 0.277 e. The summed E-state index contributed by atoms with van der Waals surface area (Å²) in [6, 6.07) is 24.3. The van der Waals surface area contributed by atoms with E-state index in [-0.39, 0.29) is 17.4 Å². The zero-order valence-electron chi connectivity index (χ0n) is 17.2. The number of amides is 2. The number of carbonyl (C=O) groups is 2. The van der Waals surface area contributed by atoms with E-state index in [2.05, 4.69) is 15.4 Å². The fraction of sp³-hybridized carbons (Fsp3) is 0.0833. The highest BCUT2D eigenvalue weighted by Gasteiger charge is 2.18. The number of pyridine rings is 1. The second-order valence-electron chi connectivity index (χ2n) is 7.11. The molecule has 0 aliphatic carbocycles. The minimum Gasteiger partial charge on any atom is -0.345 e. The van der Waals surface area contributed by atoms with Crippen molar-refractivity contribution in [3.8, 4) is 16.9 Å². The molecule has 7 heteroatoms. The third-order valence-electron chi connectivity index (χ3n) is 4.67. The monoisotopic (exact) mass is 411 g/mol. The number of benzene rings is 2. The van der Waals surface area contributed by atoms with E-state index in [0.717, 1.165) is 16.9 Å². The largest absolute Gasteiger partial charge is 0.345 e. The van der Waals surface area contributed by atoms with Gasteiger partial charge in [0.1, 0.15) is 5.82 Å². The lowest BCUT2D eigenvalue weighted by Gasteiger charge is -2.10. The summed E-state index contributed by atoms with van der Waals surface area (Å²) in [5.74, 6) is -0.292. The van der Waals surface area contributed by atoms with Gasteiger partial charge in [0.15, 0.2) is 5.69 Å². The van der Waals surface area contributed by atoms with Crippen LogP contribution in [0.2, 0.25) is 0 Å². The Morgan fingerprint density at radius 3 is 2.26 bits per heavy atom. The number of nitrogens with one attached hydrogen (secondary N) is 1. The Hall–Kier alpha value is -4.26. The second-order valence-corrected chi connectivity index (χ2v) is 7.11. The molecule has 2 heterocycles. The van der Waals surface area contributed by atoms with Crippen molar-refractivity contribution in [3.63, 3.8) is 0 Å². The Kier molecular flexibility index (Phi) is 5.57. The molecule has 0 fully saturated rings. The molecular formula is C24H21N5O2. The number of rotatable bonds is 5. The number of aromatic nitrogens is 3. The number of nitrogens with zero attached hydrogens (tertiary/aromatic N) is 4. The second kappa shape index (κ2) is 8.62. The first kappa shape index (κ1) is 20.0. The van der Waals surface area contributed by atoms with Gasteiger partial charge in [0.25, 0.3) is 11.8 Å². The van der Waals surface area contributed by atoms with Crippen molar-refractivity contribution in [2.24, 2.45) is 0 Å². The molecule has 0 saturated heterocycles. The molecule has 2 amide bonds. The van der Waals surface area contributed by atoms with Crippen LogP contribution in [0.5, 0.6) is 0 Å². The Morgan fingerprint density at radius 1 is 0.903 bits per heavy atom. The summed E-state index contributed by atoms with van der Waals surface area (Å²) in [4.78, 5) is 30.7. The predicted molar refractivity (Wildman–Crippen MR) is 119 cm³/mol. The summed E-state index contributed by atoms with van der Waals surface area (Å²) in [5, 5.41) is 7.28. The van der Waals surface area contributed by atoms with Gasteiger partial charge in [-0.05, 0) is 30.3 Å². The van der Waals surface area contributed by atoms with Crippen LogP contribution < -0.4 is 5.32 Å². The Morgan fingerprint density at radius 2 is 1.58 bits per heavy atom. The number of hydrogen-bond donors (Lipinski definition) is 1. The lowest BCUT2D eigenvalue weighted by molar-refractivity contribution is 0.0827. The molecule has 0 bridgehead atoms. The molecule has 4 rings (SSSR count). The fourth-order valence-corrected chi connectivity index (χ4v) is 3.14. The van der Waals surface area contributed by atoms with Crippen LogP contribution in [0.1, 0.15) is 20.8 Å². The molecule has 2 aromatic heterocycles. The van der Waals surface area contributed by atoms with Gasteiger partial charge in [0.05, 0.1) is 11.4 Å². The highest BCUT2D eigenvalue weighted by molar-refractivity contribution is 6.04. The summed E-state index contributed by atoms with van der Waals surface area (Å²) in [7, 11) is 3.34. The van der Waals surface area contributed by atoms with Gasteiger partial charge in [0, 0.05) is 31.4 Å². The molecule has 0 spiro atoms. The molecule has 2 aromatic carbocycles. The van der Waals surface area contributed by atoms with Crippen molar-refractivity contribution >= 4 is 17.6 Å². The summed E-state index contributed by atoms with van der Waals surface area (Å²) in [6.45, 7) is 0. The highest BCUT2D eigenvalue weighted by Crippen LogP contribution is 2.24. The number of carbonyl (C=O) groups excluding carboxylic acids is 2. The summed E-state index contributed by atoms with van der Waals surface area (Å²) in [5.41, 5.74) is 3.26. The van der Waals surface area contributed by atoms with Crippen LogP contribution >= 0.6 is 0 Å². The zero-order valence-corrected chi connectivity index (χ0v) is 17.2.